The number of halogens is 4. The number of pyridine rings is 1. The van der Waals surface area contributed by atoms with Gasteiger partial charge in [-0.25, -0.2) is 9.78 Å². The van der Waals surface area contributed by atoms with E-state index in [0.29, 0.717) is 27.7 Å². The Bertz CT molecular complexity index is 1560. The van der Waals surface area contributed by atoms with Crippen LogP contribution in [0.1, 0.15) is 43.1 Å². The van der Waals surface area contributed by atoms with Crippen molar-refractivity contribution < 1.29 is 32.6 Å². The molecule has 0 bridgehead atoms. The molecule has 0 aliphatic rings. The number of carboxylic acids is 1. The van der Waals surface area contributed by atoms with E-state index >= 15 is 0 Å². The van der Waals surface area contributed by atoms with Gasteiger partial charge in [0.1, 0.15) is 11.6 Å². The highest BCUT2D eigenvalue weighted by Crippen LogP contribution is 2.34. The molecular weight excluding hydrogens is 545 g/mol. The van der Waals surface area contributed by atoms with E-state index in [2.05, 4.69) is 9.72 Å². The molecule has 1 heterocycles. The Morgan fingerprint density at radius 2 is 1.62 bits per heavy atom. The number of benzene rings is 3. The monoisotopic (exact) mass is 570 g/mol. The fraction of sp³-hybridized carbons (Fsp3) is 0.233. The molecule has 0 spiro atoms. The summed E-state index contributed by atoms with van der Waals surface area (Å²) in [6, 6.07) is 17.6. The normalized spacial score (nSPS) is 11.9. The average molecular weight is 571 g/mol. The maximum Gasteiger partial charge on any atom is 0.573 e. The lowest BCUT2D eigenvalue weighted by atomic mass is 9.91. The van der Waals surface area contributed by atoms with Gasteiger partial charge in [0, 0.05) is 18.0 Å². The number of rotatable bonds is 7. The first kappa shape index (κ1) is 28.9. The molecule has 0 atom stereocenters. The van der Waals surface area contributed by atoms with Gasteiger partial charge >= 0.3 is 12.3 Å². The molecular formula is C30H26ClF3N2O4. The minimum Gasteiger partial charge on any atom is -0.478 e. The average Bonchev–Trinajstić information content (AvgIpc) is 2.86. The summed E-state index contributed by atoms with van der Waals surface area (Å²) in [5.41, 5.74) is 1.93. The fourth-order valence-corrected chi connectivity index (χ4v) is 4.43. The maximum absolute atomic E-state index is 13.5. The van der Waals surface area contributed by atoms with E-state index in [0.717, 1.165) is 11.6 Å². The third kappa shape index (κ3) is 7.09. The molecule has 208 valence electrons. The van der Waals surface area contributed by atoms with Gasteiger partial charge in [0.2, 0.25) is 5.91 Å². The zero-order valence-electron chi connectivity index (χ0n) is 21.9. The number of carboxylic acid groups (broad SMARTS) is 1. The number of nitrogens with zero attached hydrogens (tertiary/aromatic N) is 2. The van der Waals surface area contributed by atoms with Crippen LogP contribution < -0.4 is 9.64 Å². The van der Waals surface area contributed by atoms with Crippen molar-refractivity contribution in [3.05, 3.63) is 89.1 Å². The quantitative estimate of drug-likeness (QED) is 0.243. The number of anilines is 1. The van der Waals surface area contributed by atoms with Gasteiger partial charge in [0.05, 0.1) is 17.1 Å². The number of amides is 1. The molecule has 6 nitrogen and oxygen atoms in total. The lowest BCUT2D eigenvalue weighted by Crippen LogP contribution is -2.34. The molecule has 40 heavy (non-hydrogen) atoms. The number of carbonyl (C=O) groups excluding carboxylic acids is 1. The highest BCUT2D eigenvalue weighted by molar-refractivity contribution is 6.32. The Hall–Kier alpha value is -4.11. The SMILES string of the molecule is CC(C)(C)CC(=O)N(Cc1ccc(-c2ccc(OC(F)(F)F)c(Cl)c2)cc1)c1nccc2cc(C(=O)O)ccc12. The number of alkyl halides is 3. The van der Waals surface area contributed by atoms with Gasteiger partial charge in [-0.1, -0.05) is 62.7 Å². The molecule has 1 aromatic heterocycles. The van der Waals surface area contributed by atoms with Crippen LogP contribution in [-0.2, 0) is 11.3 Å². The summed E-state index contributed by atoms with van der Waals surface area (Å²) in [5, 5.41) is 10.5. The summed E-state index contributed by atoms with van der Waals surface area (Å²) in [6.07, 6.45) is -3.05. The van der Waals surface area contributed by atoms with Crippen molar-refractivity contribution in [1.82, 2.24) is 4.98 Å². The van der Waals surface area contributed by atoms with Crippen LogP contribution in [0.4, 0.5) is 19.0 Å². The van der Waals surface area contributed by atoms with Crippen molar-refractivity contribution in [1.29, 1.82) is 0 Å². The summed E-state index contributed by atoms with van der Waals surface area (Å²) in [4.78, 5) is 31.1. The molecule has 3 aromatic carbocycles. The number of hydrogen-bond donors (Lipinski definition) is 1. The largest absolute Gasteiger partial charge is 0.573 e. The molecule has 0 radical (unpaired) electrons. The Labute approximate surface area is 234 Å². The Morgan fingerprint density at radius 1 is 0.950 bits per heavy atom. The maximum atomic E-state index is 13.5. The standard InChI is InChI=1S/C30H26ClF3N2O4/c1-29(2,3)16-26(37)36(27-23-10-8-22(28(38)39)14-21(23)12-13-35-27)17-18-4-6-19(7-5-18)20-9-11-25(24(31)15-20)40-30(32,33)34/h4-15H,16-17H2,1-3H3,(H,38,39). The van der Waals surface area contributed by atoms with Crippen molar-refractivity contribution >= 4 is 40.1 Å². The smallest absolute Gasteiger partial charge is 0.478 e. The van der Waals surface area contributed by atoms with E-state index in [1.807, 2.05) is 32.9 Å². The van der Waals surface area contributed by atoms with Crippen LogP contribution in [0.5, 0.6) is 5.75 Å². The molecule has 4 rings (SSSR count). The van der Waals surface area contributed by atoms with E-state index in [1.165, 1.54) is 18.2 Å². The number of ether oxygens (including phenoxy) is 1. The number of hydrogen-bond acceptors (Lipinski definition) is 4. The number of fused-ring (bicyclic) bond motifs is 1. The highest BCUT2D eigenvalue weighted by atomic mass is 35.5. The second-order valence-corrected chi connectivity index (χ2v) is 10.9. The third-order valence-corrected chi connectivity index (χ3v) is 6.31. The zero-order chi connectivity index (χ0) is 29.2. The highest BCUT2D eigenvalue weighted by Gasteiger charge is 2.32. The molecule has 10 heteroatoms. The first-order valence-corrected chi connectivity index (χ1v) is 12.6. The van der Waals surface area contributed by atoms with Crippen LogP contribution in [-0.4, -0.2) is 28.3 Å². The number of aromatic nitrogens is 1. The summed E-state index contributed by atoms with van der Waals surface area (Å²) < 4.78 is 41.6. The van der Waals surface area contributed by atoms with Crippen LogP contribution in [0, 0.1) is 5.41 Å². The summed E-state index contributed by atoms with van der Waals surface area (Å²) in [5.74, 6) is -1.27. The third-order valence-electron chi connectivity index (χ3n) is 6.01. The van der Waals surface area contributed by atoms with Gasteiger partial charge in [-0.05, 0) is 63.9 Å². The lowest BCUT2D eigenvalue weighted by molar-refractivity contribution is -0.274. The van der Waals surface area contributed by atoms with Crippen molar-refractivity contribution in [2.45, 2.75) is 40.1 Å². The van der Waals surface area contributed by atoms with E-state index in [9.17, 15) is 27.9 Å². The van der Waals surface area contributed by atoms with E-state index < -0.39 is 18.1 Å². The predicted octanol–water partition coefficient (Wildman–Crippen LogP) is 8.12. The van der Waals surface area contributed by atoms with Gasteiger partial charge in [0.25, 0.3) is 0 Å². The molecule has 0 saturated heterocycles. The zero-order valence-corrected chi connectivity index (χ0v) is 22.7. The van der Waals surface area contributed by atoms with E-state index in [-0.39, 0.29) is 34.9 Å². The molecule has 0 fully saturated rings. The fourth-order valence-electron chi connectivity index (χ4n) is 4.21. The van der Waals surface area contributed by atoms with Crippen molar-refractivity contribution in [2.75, 3.05) is 4.90 Å². The molecule has 0 unspecified atom stereocenters. The van der Waals surface area contributed by atoms with Crippen LogP contribution in [0.3, 0.4) is 0 Å². The molecule has 0 aliphatic heterocycles. The Kier molecular flexibility index (Phi) is 8.07. The van der Waals surface area contributed by atoms with Crippen molar-refractivity contribution in [2.24, 2.45) is 5.41 Å². The molecule has 4 aromatic rings. The van der Waals surface area contributed by atoms with Crippen LogP contribution in [0.15, 0.2) is 72.9 Å². The molecule has 1 N–H and O–H groups in total. The van der Waals surface area contributed by atoms with Gasteiger partial charge < -0.3 is 9.84 Å². The van der Waals surface area contributed by atoms with Crippen molar-refractivity contribution in [3.63, 3.8) is 0 Å². The van der Waals surface area contributed by atoms with E-state index in [1.54, 1.807) is 41.4 Å². The van der Waals surface area contributed by atoms with Crippen LogP contribution in [0.25, 0.3) is 21.9 Å². The summed E-state index contributed by atoms with van der Waals surface area (Å²) >= 11 is 6.01. The van der Waals surface area contributed by atoms with Gasteiger partial charge in [-0.3, -0.25) is 9.69 Å². The molecule has 0 aliphatic carbocycles. The minimum absolute atomic E-state index is 0.130. The summed E-state index contributed by atoms with van der Waals surface area (Å²) in [6.45, 7) is 6.08. The van der Waals surface area contributed by atoms with Gasteiger partial charge in [-0.15, -0.1) is 13.2 Å². The first-order chi connectivity index (χ1) is 18.7. The Balaban J connectivity index is 1.66. The van der Waals surface area contributed by atoms with Crippen LogP contribution >= 0.6 is 11.6 Å². The molecule has 1 amide bonds. The number of aromatic carboxylic acids is 1. The topological polar surface area (TPSA) is 79.7 Å². The second kappa shape index (κ2) is 11.2. The minimum atomic E-state index is -4.85. The van der Waals surface area contributed by atoms with Crippen molar-refractivity contribution in [3.8, 4) is 16.9 Å². The first-order valence-electron chi connectivity index (χ1n) is 12.3. The summed E-state index contributed by atoms with van der Waals surface area (Å²) in [7, 11) is 0. The van der Waals surface area contributed by atoms with E-state index in [4.69, 9.17) is 11.6 Å². The Morgan fingerprint density at radius 3 is 2.23 bits per heavy atom. The predicted molar refractivity (Wildman–Crippen MR) is 148 cm³/mol. The second-order valence-electron chi connectivity index (χ2n) is 10.5. The lowest BCUT2D eigenvalue weighted by Gasteiger charge is -2.27. The number of carbonyl (C=O) groups is 2. The molecule has 0 saturated carbocycles. The van der Waals surface area contributed by atoms with Crippen LogP contribution in [0.2, 0.25) is 5.02 Å². The van der Waals surface area contributed by atoms with Gasteiger partial charge in [-0.2, -0.15) is 0 Å². The van der Waals surface area contributed by atoms with Gasteiger partial charge in [0.15, 0.2) is 0 Å².